The highest BCUT2D eigenvalue weighted by molar-refractivity contribution is 5.94. The summed E-state index contributed by atoms with van der Waals surface area (Å²) in [4.78, 5) is 52.3. The number of ketones is 1. The number of nitrogens with one attached hydrogen (secondary N) is 1. The van der Waals surface area contributed by atoms with Gasteiger partial charge in [0.2, 0.25) is 5.91 Å². The van der Waals surface area contributed by atoms with E-state index in [0.29, 0.717) is 5.56 Å². The van der Waals surface area contributed by atoms with Crippen LogP contribution in [0.5, 0.6) is 0 Å². The van der Waals surface area contributed by atoms with E-state index >= 15 is 0 Å². The Kier molecular flexibility index (Phi) is 7.34. The predicted molar refractivity (Wildman–Crippen MR) is 136 cm³/mol. The number of carbonyl (C=O) groups excluding carboxylic acids is 2. The van der Waals surface area contributed by atoms with Crippen molar-refractivity contribution in [2.45, 2.75) is 39.0 Å². The molecule has 0 aliphatic heterocycles. The molecule has 4 rings (SSSR count). The number of amides is 1. The van der Waals surface area contributed by atoms with Crippen LogP contribution in [0.4, 0.5) is 13.2 Å². The minimum atomic E-state index is -4.52. The molecule has 196 valence electrons. The molecule has 7 nitrogen and oxygen atoms in total. The van der Waals surface area contributed by atoms with Crippen LogP contribution in [0.15, 0.2) is 82.4 Å². The summed E-state index contributed by atoms with van der Waals surface area (Å²) in [5.41, 5.74) is -1.27. The van der Waals surface area contributed by atoms with Crippen molar-refractivity contribution in [1.29, 1.82) is 0 Å². The SMILES string of the molecule is CC[C@@H](C(=O)NCc1cccc(C(F)(F)F)c1)n1c(=O)n(-c2cccc(C(C)=O)c2)c(=O)c2ccccc21. The number of Topliss-reactive ketones (excluding diaryl/α,β-unsaturated/α-hetero) is 1. The van der Waals surface area contributed by atoms with E-state index in [1.165, 1.54) is 41.8 Å². The van der Waals surface area contributed by atoms with E-state index in [-0.39, 0.29) is 40.9 Å². The first-order chi connectivity index (χ1) is 18.0. The topological polar surface area (TPSA) is 90.2 Å². The Labute approximate surface area is 215 Å². The second-order valence-electron chi connectivity index (χ2n) is 8.76. The van der Waals surface area contributed by atoms with Crippen LogP contribution < -0.4 is 16.6 Å². The molecular formula is C28H24F3N3O4. The molecular weight excluding hydrogens is 499 g/mol. The van der Waals surface area contributed by atoms with Crippen LogP contribution in [-0.2, 0) is 17.5 Å². The predicted octanol–water partition coefficient (Wildman–Crippen LogP) is 4.64. The van der Waals surface area contributed by atoms with E-state index in [9.17, 15) is 32.3 Å². The maximum atomic E-state index is 13.8. The van der Waals surface area contributed by atoms with Gasteiger partial charge in [-0.3, -0.25) is 19.0 Å². The molecule has 0 unspecified atom stereocenters. The summed E-state index contributed by atoms with van der Waals surface area (Å²) in [7, 11) is 0. The first-order valence-electron chi connectivity index (χ1n) is 11.8. The Balaban J connectivity index is 1.79. The monoisotopic (exact) mass is 523 g/mol. The summed E-state index contributed by atoms with van der Waals surface area (Å²) in [5, 5.41) is 2.80. The normalized spacial score (nSPS) is 12.3. The molecule has 0 saturated carbocycles. The second-order valence-corrected chi connectivity index (χ2v) is 8.76. The molecule has 10 heteroatoms. The van der Waals surface area contributed by atoms with Crippen molar-refractivity contribution in [3.05, 3.63) is 110 Å². The summed E-state index contributed by atoms with van der Waals surface area (Å²) in [5.74, 6) is -0.846. The fourth-order valence-electron chi connectivity index (χ4n) is 4.33. The number of benzene rings is 3. The first-order valence-corrected chi connectivity index (χ1v) is 11.8. The van der Waals surface area contributed by atoms with E-state index < -0.39 is 34.9 Å². The van der Waals surface area contributed by atoms with Gasteiger partial charge in [0.15, 0.2) is 5.78 Å². The highest BCUT2D eigenvalue weighted by Gasteiger charge is 2.30. The number of carbonyl (C=O) groups is 2. The summed E-state index contributed by atoms with van der Waals surface area (Å²) in [6.07, 6.45) is -4.37. The molecule has 0 aliphatic carbocycles. The molecule has 0 bridgehead atoms. The van der Waals surface area contributed by atoms with Crippen LogP contribution in [0.3, 0.4) is 0 Å². The van der Waals surface area contributed by atoms with Gasteiger partial charge in [-0.2, -0.15) is 13.2 Å². The third kappa shape index (κ3) is 5.15. The summed E-state index contributed by atoms with van der Waals surface area (Å²) < 4.78 is 41.3. The van der Waals surface area contributed by atoms with Gasteiger partial charge in [0.25, 0.3) is 5.56 Å². The molecule has 0 aliphatic rings. The zero-order valence-electron chi connectivity index (χ0n) is 20.6. The molecule has 3 aromatic carbocycles. The molecule has 4 aromatic rings. The molecule has 1 atom stereocenters. The second kappa shape index (κ2) is 10.5. The highest BCUT2D eigenvalue weighted by atomic mass is 19.4. The average molecular weight is 524 g/mol. The Hall–Kier alpha value is -4.47. The van der Waals surface area contributed by atoms with E-state index in [2.05, 4.69) is 5.32 Å². The Bertz CT molecular complexity index is 1650. The lowest BCUT2D eigenvalue weighted by Gasteiger charge is -2.22. The highest BCUT2D eigenvalue weighted by Crippen LogP contribution is 2.29. The lowest BCUT2D eigenvalue weighted by atomic mass is 10.1. The molecule has 0 saturated heterocycles. The van der Waals surface area contributed by atoms with Gasteiger partial charge < -0.3 is 5.32 Å². The molecule has 0 spiro atoms. The van der Waals surface area contributed by atoms with Gasteiger partial charge in [-0.15, -0.1) is 0 Å². The van der Waals surface area contributed by atoms with Crippen molar-refractivity contribution in [1.82, 2.24) is 14.5 Å². The quantitative estimate of drug-likeness (QED) is 0.358. The third-order valence-electron chi connectivity index (χ3n) is 6.23. The van der Waals surface area contributed by atoms with Crippen LogP contribution in [0.2, 0.25) is 0 Å². The Morgan fingerprint density at radius 3 is 2.34 bits per heavy atom. The summed E-state index contributed by atoms with van der Waals surface area (Å²) >= 11 is 0. The number of rotatable bonds is 7. The average Bonchev–Trinajstić information content (AvgIpc) is 2.89. The van der Waals surface area contributed by atoms with Crippen molar-refractivity contribution in [2.75, 3.05) is 0 Å². The van der Waals surface area contributed by atoms with Crippen LogP contribution in [0.1, 0.15) is 47.8 Å². The Morgan fingerprint density at radius 1 is 0.947 bits per heavy atom. The van der Waals surface area contributed by atoms with Gasteiger partial charge >= 0.3 is 11.9 Å². The van der Waals surface area contributed by atoms with Crippen LogP contribution in [0.25, 0.3) is 16.6 Å². The molecule has 0 fully saturated rings. The largest absolute Gasteiger partial charge is 0.416 e. The van der Waals surface area contributed by atoms with Crippen molar-refractivity contribution in [3.8, 4) is 5.69 Å². The lowest BCUT2D eigenvalue weighted by molar-refractivity contribution is -0.137. The number of hydrogen-bond donors (Lipinski definition) is 1. The number of alkyl halides is 3. The van der Waals surface area contributed by atoms with Gasteiger partial charge in [0.1, 0.15) is 6.04 Å². The van der Waals surface area contributed by atoms with E-state index in [0.717, 1.165) is 16.7 Å². The van der Waals surface area contributed by atoms with Gasteiger partial charge in [-0.05, 0) is 55.3 Å². The molecule has 0 radical (unpaired) electrons. The number of nitrogens with zero attached hydrogens (tertiary/aromatic N) is 2. The minimum Gasteiger partial charge on any atom is -0.350 e. The molecule has 1 heterocycles. The van der Waals surface area contributed by atoms with Crippen LogP contribution in [0, 0.1) is 0 Å². The van der Waals surface area contributed by atoms with Crippen molar-refractivity contribution < 1.29 is 22.8 Å². The number of aromatic nitrogens is 2. The smallest absolute Gasteiger partial charge is 0.350 e. The van der Waals surface area contributed by atoms with Crippen LogP contribution >= 0.6 is 0 Å². The summed E-state index contributed by atoms with van der Waals surface area (Å²) in [6, 6.07) is 15.9. The molecule has 38 heavy (non-hydrogen) atoms. The van der Waals surface area contributed by atoms with Crippen molar-refractivity contribution in [2.24, 2.45) is 0 Å². The van der Waals surface area contributed by atoms with Crippen molar-refractivity contribution in [3.63, 3.8) is 0 Å². The standard InChI is InChI=1S/C28H24F3N3O4/c1-3-23(25(36)32-16-18-8-6-10-20(14-18)28(29,30)31)34-24-13-5-4-12-22(24)26(37)33(27(34)38)21-11-7-9-19(15-21)17(2)35/h4-15,23H,3,16H2,1-2H3,(H,32,36)/t23-/m0/s1. The zero-order valence-corrected chi connectivity index (χ0v) is 20.6. The minimum absolute atomic E-state index is 0.157. The molecule has 1 aromatic heterocycles. The third-order valence-corrected chi connectivity index (χ3v) is 6.23. The molecule has 1 amide bonds. The van der Waals surface area contributed by atoms with Gasteiger partial charge in [-0.25, -0.2) is 9.36 Å². The van der Waals surface area contributed by atoms with Gasteiger partial charge in [0.05, 0.1) is 22.2 Å². The van der Waals surface area contributed by atoms with E-state index in [4.69, 9.17) is 0 Å². The Morgan fingerprint density at radius 2 is 1.66 bits per heavy atom. The van der Waals surface area contributed by atoms with Crippen molar-refractivity contribution >= 4 is 22.6 Å². The maximum absolute atomic E-state index is 13.8. The zero-order chi connectivity index (χ0) is 27.6. The number of fused-ring (bicyclic) bond motifs is 1. The lowest BCUT2D eigenvalue weighted by Crippen LogP contribution is -2.44. The number of halogens is 3. The fraction of sp³-hybridized carbons (Fsp3) is 0.214. The number of para-hydroxylation sites is 1. The van der Waals surface area contributed by atoms with Crippen LogP contribution in [-0.4, -0.2) is 20.8 Å². The first kappa shape index (κ1) is 26.6. The molecule has 1 N–H and O–H groups in total. The van der Waals surface area contributed by atoms with E-state index in [1.807, 2.05) is 0 Å². The van der Waals surface area contributed by atoms with E-state index in [1.54, 1.807) is 37.3 Å². The van der Waals surface area contributed by atoms with Gasteiger partial charge in [0, 0.05) is 12.1 Å². The van der Waals surface area contributed by atoms with Gasteiger partial charge in [-0.1, -0.05) is 43.3 Å². The summed E-state index contributed by atoms with van der Waals surface area (Å²) in [6.45, 7) is 2.86. The number of hydrogen-bond acceptors (Lipinski definition) is 4. The fourth-order valence-corrected chi connectivity index (χ4v) is 4.33. The maximum Gasteiger partial charge on any atom is 0.416 e.